The summed E-state index contributed by atoms with van der Waals surface area (Å²) in [4.78, 5) is 0. The van der Waals surface area contributed by atoms with E-state index in [-0.39, 0.29) is 7.12 Å². The molecule has 0 atom stereocenters. The summed E-state index contributed by atoms with van der Waals surface area (Å²) in [7, 11) is -0.0122. The maximum absolute atomic E-state index is 5.62. The summed E-state index contributed by atoms with van der Waals surface area (Å²) in [5, 5.41) is 0. The van der Waals surface area contributed by atoms with Gasteiger partial charge in [-0.1, -0.05) is 25.3 Å². The van der Waals surface area contributed by atoms with Crippen LogP contribution in [-0.2, 0) is 9.31 Å². The molecule has 78 valence electrons. The van der Waals surface area contributed by atoms with Crippen molar-refractivity contribution >= 4 is 7.12 Å². The molecule has 0 amide bonds. The molecule has 2 aliphatic rings. The van der Waals surface area contributed by atoms with Crippen LogP contribution in [0.2, 0.25) is 0 Å². The Kier molecular flexibility index (Phi) is 4.08. The van der Waals surface area contributed by atoms with Gasteiger partial charge < -0.3 is 9.31 Å². The quantitative estimate of drug-likeness (QED) is 0.597. The lowest BCUT2D eigenvalue weighted by Crippen LogP contribution is -2.32. The van der Waals surface area contributed by atoms with E-state index in [1.54, 1.807) is 0 Å². The lowest BCUT2D eigenvalue weighted by molar-refractivity contribution is 0.139. The van der Waals surface area contributed by atoms with Crippen LogP contribution in [0.3, 0.4) is 0 Å². The maximum Gasteiger partial charge on any atom is 0.489 e. The molecule has 1 aliphatic carbocycles. The third-order valence-corrected chi connectivity index (χ3v) is 2.96. The van der Waals surface area contributed by atoms with Crippen LogP contribution < -0.4 is 0 Å². The molecule has 14 heavy (non-hydrogen) atoms. The summed E-state index contributed by atoms with van der Waals surface area (Å²) in [6.07, 6.45) is 11.1. The first kappa shape index (κ1) is 10.2. The first-order valence-corrected chi connectivity index (χ1v) is 5.89. The molecule has 1 fully saturated rings. The van der Waals surface area contributed by atoms with E-state index in [9.17, 15) is 0 Å². The number of rotatable bonds is 1. The fourth-order valence-electron chi connectivity index (χ4n) is 2.13. The van der Waals surface area contributed by atoms with Gasteiger partial charge in [0.15, 0.2) is 0 Å². The van der Waals surface area contributed by atoms with E-state index in [1.165, 1.54) is 44.0 Å². The first-order chi connectivity index (χ1) is 6.97. The van der Waals surface area contributed by atoms with Crippen LogP contribution in [-0.4, -0.2) is 20.3 Å². The van der Waals surface area contributed by atoms with Gasteiger partial charge >= 0.3 is 7.12 Å². The first-order valence-electron chi connectivity index (χ1n) is 5.89. The minimum atomic E-state index is -0.0122. The van der Waals surface area contributed by atoms with Gasteiger partial charge in [0, 0.05) is 13.2 Å². The van der Waals surface area contributed by atoms with Crippen molar-refractivity contribution < 1.29 is 9.31 Å². The SMILES string of the molecule is C1=C(/B2OCCCO2)CCCCCC/1. The Hall–Kier alpha value is -0.275. The van der Waals surface area contributed by atoms with Crippen molar-refractivity contribution in [1.29, 1.82) is 0 Å². The van der Waals surface area contributed by atoms with Crippen LogP contribution in [0.5, 0.6) is 0 Å². The second-order valence-corrected chi connectivity index (χ2v) is 4.16. The zero-order valence-electron chi connectivity index (χ0n) is 8.84. The number of hydrogen-bond acceptors (Lipinski definition) is 2. The summed E-state index contributed by atoms with van der Waals surface area (Å²) >= 11 is 0. The number of allylic oxidation sites excluding steroid dienone is 2. The Bertz CT molecular complexity index is 197. The molecular weight excluding hydrogens is 175 g/mol. The molecule has 0 aromatic heterocycles. The number of hydrogen-bond donors (Lipinski definition) is 0. The standard InChI is InChI=1S/C11H19BO2/c1-2-4-7-11(8-5-3-1)12-13-9-6-10-14-12/h7H,1-6,8-10H2/b11-7+. The zero-order chi connectivity index (χ0) is 9.64. The third-order valence-electron chi connectivity index (χ3n) is 2.96. The lowest BCUT2D eigenvalue weighted by atomic mass is 9.73. The summed E-state index contributed by atoms with van der Waals surface area (Å²) in [6.45, 7) is 1.73. The van der Waals surface area contributed by atoms with E-state index in [0.29, 0.717) is 0 Å². The summed E-state index contributed by atoms with van der Waals surface area (Å²) in [5.41, 5.74) is 1.39. The highest BCUT2D eigenvalue weighted by molar-refractivity contribution is 6.53. The van der Waals surface area contributed by atoms with Crippen molar-refractivity contribution in [3.63, 3.8) is 0 Å². The molecular formula is C11H19BO2. The minimum absolute atomic E-state index is 0.0122. The Morgan fingerprint density at radius 2 is 1.71 bits per heavy atom. The maximum atomic E-state index is 5.62. The average Bonchev–Trinajstić information content (AvgIpc) is 2.18. The van der Waals surface area contributed by atoms with Crippen molar-refractivity contribution in [1.82, 2.24) is 0 Å². The van der Waals surface area contributed by atoms with E-state index in [4.69, 9.17) is 9.31 Å². The molecule has 0 saturated carbocycles. The fraction of sp³-hybridized carbons (Fsp3) is 0.818. The molecule has 3 heteroatoms. The van der Waals surface area contributed by atoms with Gasteiger partial charge in [0.25, 0.3) is 0 Å². The fourth-order valence-corrected chi connectivity index (χ4v) is 2.13. The molecule has 0 aromatic carbocycles. The molecule has 2 nitrogen and oxygen atoms in total. The van der Waals surface area contributed by atoms with Gasteiger partial charge in [-0.25, -0.2) is 0 Å². The topological polar surface area (TPSA) is 18.5 Å². The molecule has 1 aliphatic heterocycles. The molecule has 1 heterocycles. The van der Waals surface area contributed by atoms with Gasteiger partial charge in [-0.15, -0.1) is 0 Å². The predicted octanol–water partition coefficient (Wildman–Crippen LogP) is 2.73. The average molecular weight is 194 g/mol. The van der Waals surface area contributed by atoms with Crippen molar-refractivity contribution in [3.8, 4) is 0 Å². The van der Waals surface area contributed by atoms with E-state index in [2.05, 4.69) is 6.08 Å². The molecule has 0 bridgehead atoms. The van der Waals surface area contributed by atoms with E-state index in [0.717, 1.165) is 19.6 Å². The van der Waals surface area contributed by atoms with Crippen molar-refractivity contribution in [2.45, 2.75) is 44.9 Å². The highest BCUT2D eigenvalue weighted by atomic mass is 16.6. The van der Waals surface area contributed by atoms with Gasteiger partial charge in [0.05, 0.1) is 0 Å². The molecule has 0 spiro atoms. The Morgan fingerprint density at radius 1 is 0.929 bits per heavy atom. The molecule has 0 radical (unpaired) electrons. The third kappa shape index (κ3) is 2.86. The molecule has 0 aromatic rings. The largest absolute Gasteiger partial charge is 0.489 e. The highest BCUT2D eigenvalue weighted by Crippen LogP contribution is 2.21. The predicted molar refractivity (Wildman–Crippen MR) is 58.1 cm³/mol. The summed E-state index contributed by atoms with van der Waals surface area (Å²) in [6, 6.07) is 0. The Balaban J connectivity index is 1.91. The molecule has 0 unspecified atom stereocenters. The monoisotopic (exact) mass is 194 g/mol. The highest BCUT2D eigenvalue weighted by Gasteiger charge is 2.26. The second-order valence-electron chi connectivity index (χ2n) is 4.16. The van der Waals surface area contributed by atoms with Crippen LogP contribution in [0.1, 0.15) is 44.9 Å². The van der Waals surface area contributed by atoms with E-state index >= 15 is 0 Å². The van der Waals surface area contributed by atoms with Gasteiger partial charge in [-0.05, 0) is 31.2 Å². The Morgan fingerprint density at radius 3 is 2.57 bits per heavy atom. The zero-order valence-corrected chi connectivity index (χ0v) is 8.84. The van der Waals surface area contributed by atoms with Crippen LogP contribution in [0, 0.1) is 0 Å². The van der Waals surface area contributed by atoms with Gasteiger partial charge in [0.2, 0.25) is 0 Å². The van der Waals surface area contributed by atoms with Crippen molar-refractivity contribution in [3.05, 3.63) is 11.5 Å². The van der Waals surface area contributed by atoms with E-state index in [1.807, 2.05) is 0 Å². The second kappa shape index (κ2) is 5.57. The molecule has 0 N–H and O–H groups in total. The smallest absolute Gasteiger partial charge is 0.407 e. The van der Waals surface area contributed by atoms with E-state index < -0.39 is 0 Å². The van der Waals surface area contributed by atoms with Crippen LogP contribution in [0.4, 0.5) is 0 Å². The van der Waals surface area contributed by atoms with Crippen molar-refractivity contribution in [2.75, 3.05) is 13.2 Å². The molecule has 2 rings (SSSR count). The van der Waals surface area contributed by atoms with Gasteiger partial charge in [0.1, 0.15) is 0 Å². The van der Waals surface area contributed by atoms with Crippen LogP contribution >= 0.6 is 0 Å². The van der Waals surface area contributed by atoms with Crippen molar-refractivity contribution in [2.24, 2.45) is 0 Å². The molecule has 1 saturated heterocycles. The summed E-state index contributed by atoms with van der Waals surface area (Å²) < 4.78 is 11.2. The minimum Gasteiger partial charge on any atom is -0.407 e. The Labute approximate surface area is 86.8 Å². The normalized spacial score (nSPS) is 28.9. The summed E-state index contributed by atoms with van der Waals surface area (Å²) in [5.74, 6) is 0. The van der Waals surface area contributed by atoms with Gasteiger partial charge in [-0.2, -0.15) is 0 Å². The lowest BCUT2D eigenvalue weighted by Gasteiger charge is -2.23. The van der Waals surface area contributed by atoms with Gasteiger partial charge in [-0.3, -0.25) is 0 Å². The van der Waals surface area contributed by atoms with Crippen LogP contribution in [0.15, 0.2) is 11.5 Å². The van der Waals surface area contributed by atoms with Crippen LogP contribution in [0.25, 0.3) is 0 Å².